The number of phosphoric ester groups is 1. The molecule has 64 heavy (non-hydrogen) atoms. The summed E-state index contributed by atoms with van der Waals surface area (Å²) in [5.74, 6) is -0.215. The first-order valence-electron chi connectivity index (χ1n) is 27.0. The molecule has 0 rings (SSSR count). The van der Waals surface area contributed by atoms with E-state index in [4.69, 9.17) is 9.05 Å². The number of nitrogens with zero attached hydrogens (tertiary/aromatic N) is 1. The Morgan fingerprint density at radius 3 is 1.39 bits per heavy atom. The molecule has 0 aromatic rings. The van der Waals surface area contributed by atoms with Gasteiger partial charge in [0.2, 0.25) is 5.91 Å². The maximum absolute atomic E-state index is 12.9. The highest BCUT2D eigenvalue weighted by Crippen LogP contribution is 2.38. The topological polar surface area (TPSA) is 108 Å². The fraction of sp³-hybridized carbons (Fsp3) is 0.836. The number of hydrogen-bond donors (Lipinski definition) is 2. The second kappa shape index (κ2) is 46.6. The van der Waals surface area contributed by atoms with E-state index >= 15 is 0 Å². The van der Waals surface area contributed by atoms with Crippen LogP contribution >= 0.6 is 7.82 Å². The van der Waals surface area contributed by atoms with Crippen LogP contribution in [-0.2, 0) is 18.4 Å². The molecule has 1 amide bonds. The number of phosphoric acid groups is 1. The number of carbonyl (C=O) groups excluding carboxylic acids is 1. The van der Waals surface area contributed by atoms with Crippen molar-refractivity contribution in [3.05, 3.63) is 48.6 Å². The maximum Gasteiger partial charge on any atom is 0.268 e. The minimum absolute atomic E-state index is 0.00891. The molecule has 3 atom stereocenters. The number of unbranched alkanes of at least 4 members (excludes halogenated alkanes) is 30. The Balaban J connectivity index is 4.30. The van der Waals surface area contributed by atoms with Crippen LogP contribution in [0.2, 0.25) is 0 Å². The normalized spacial score (nSPS) is 14.4. The van der Waals surface area contributed by atoms with E-state index in [1.807, 2.05) is 27.2 Å². The van der Waals surface area contributed by atoms with Crippen LogP contribution in [0.1, 0.15) is 245 Å². The predicted molar refractivity (Wildman–Crippen MR) is 274 cm³/mol. The molecular formula is C55H105N2O6P. The van der Waals surface area contributed by atoms with E-state index in [-0.39, 0.29) is 12.5 Å². The monoisotopic (exact) mass is 921 g/mol. The molecule has 3 unspecified atom stereocenters. The van der Waals surface area contributed by atoms with Crippen molar-refractivity contribution in [1.29, 1.82) is 0 Å². The van der Waals surface area contributed by atoms with Crippen molar-refractivity contribution in [2.75, 3.05) is 40.9 Å². The lowest BCUT2D eigenvalue weighted by Crippen LogP contribution is -2.45. The highest BCUT2D eigenvalue weighted by Gasteiger charge is 2.23. The van der Waals surface area contributed by atoms with Crippen molar-refractivity contribution in [2.45, 2.75) is 257 Å². The number of allylic oxidation sites excluding steroid dienone is 7. The molecule has 0 heterocycles. The van der Waals surface area contributed by atoms with Gasteiger partial charge in [0, 0.05) is 6.42 Å². The van der Waals surface area contributed by atoms with Crippen molar-refractivity contribution < 1.29 is 32.9 Å². The molecule has 0 aromatic heterocycles. The van der Waals surface area contributed by atoms with Crippen molar-refractivity contribution >= 4 is 13.7 Å². The van der Waals surface area contributed by atoms with Gasteiger partial charge in [-0.25, -0.2) is 0 Å². The molecule has 8 nitrogen and oxygen atoms in total. The Labute approximate surface area is 397 Å². The number of rotatable bonds is 49. The van der Waals surface area contributed by atoms with E-state index in [9.17, 15) is 19.4 Å². The largest absolute Gasteiger partial charge is 0.756 e. The fourth-order valence-electron chi connectivity index (χ4n) is 7.73. The fourth-order valence-corrected chi connectivity index (χ4v) is 8.45. The first kappa shape index (κ1) is 62.5. The predicted octanol–water partition coefficient (Wildman–Crippen LogP) is 15.3. The Morgan fingerprint density at radius 2 is 0.922 bits per heavy atom. The summed E-state index contributed by atoms with van der Waals surface area (Å²) >= 11 is 0. The van der Waals surface area contributed by atoms with E-state index in [0.717, 1.165) is 57.8 Å². The van der Waals surface area contributed by atoms with Gasteiger partial charge in [-0.1, -0.05) is 223 Å². The summed E-state index contributed by atoms with van der Waals surface area (Å²) in [6, 6.07) is -0.909. The number of aliphatic hydroxyl groups excluding tert-OH is 1. The van der Waals surface area contributed by atoms with Gasteiger partial charge in [0.1, 0.15) is 13.2 Å². The molecule has 0 radical (unpaired) electrons. The average molecular weight is 921 g/mol. The number of carbonyl (C=O) groups is 1. The van der Waals surface area contributed by atoms with Gasteiger partial charge in [0.25, 0.3) is 7.82 Å². The highest BCUT2D eigenvalue weighted by molar-refractivity contribution is 7.45. The van der Waals surface area contributed by atoms with Crippen molar-refractivity contribution in [3.8, 4) is 0 Å². The van der Waals surface area contributed by atoms with Crippen LogP contribution in [0.25, 0.3) is 0 Å². The van der Waals surface area contributed by atoms with E-state index in [0.29, 0.717) is 17.4 Å². The zero-order chi connectivity index (χ0) is 47.1. The first-order valence-corrected chi connectivity index (χ1v) is 28.5. The molecule has 0 spiro atoms. The van der Waals surface area contributed by atoms with Crippen LogP contribution in [0.15, 0.2) is 48.6 Å². The number of aliphatic hydroxyl groups is 1. The lowest BCUT2D eigenvalue weighted by atomic mass is 10.0. The van der Waals surface area contributed by atoms with Gasteiger partial charge in [-0.05, 0) is 64.2 Å². The van der Waals surface area contributed by atoms with Gasteiger partial charge in [0.05, 0.1) is 39.9 Å². The third-order valence-corrected chi connectivity index (χ3v) is 13.0. The van der Waals surface area contributed by atoms with E-state index in [1.54, 1.807) is 6.08 Å². The van der Waals surface area contributed by atoms with Gasteiger partial charge >= 0.3 is 0 Å². The molecule has 0 aliphatic carbocycles. The van der Waals surface area contributed by atoms with E-state index < -0.39 is 26.6 Å². The summed E-state index contributed by atoms with van der Waals surface area (Å²) in [4.78, 5) is 25.4. The maximum atomic E-state index is 12.9. The van der Waals surface area contributed by atoms with Crippen LogP contribution in [0, 0.1) is 0 Å². The quantitative estimate of drug-likeness (QED) is 0.0272. The summed E-state index contributed by atoms with van der Waals surface area (Å²) in [7, 11) is 1.24. The summed E-state index contributed by atoms with van der Waals surface area (Å²) < 4.78 is 23.3. The second-order valence-electron chi connectivity index (χ2n) is 19.6. The molecule has 0 bridgehead atoms. The SMILES string of the molecule is CCCCC/C=C\C/C=C\CCCCCCCCCC(=O)NC(COP(=O)([O-])OCC[N+](C)(C)C)C(O)/C=C/CC/C=C/CCCCCCCCCCCCCCCCCCCCC. The number of likely N-dealkylation sites (N-methyl/N-ethyl adjacent to an activating group) is 1. The first-order chi connectivity index (χ1) is 31.0. The van der Waals surface area contributed by atoms with Crippen LogP contribution < -0.4 is 10.2 Å². The number of hydrogen-bond acceptors (Lipinski definition) is 6. The van der Waals surface area contributed by atoms with Gasteiger partial charge < -0.3 is 28.8 Å². The van der Waals surface area contributed by atoms with Gasteiger partial charge in [-0.3, -0.25) is 9.36 Å². The number of quaternary nitrogens is 1. The molecule has 0 saturated heterocycles. The average Bonchev–Trinajstić information content (AvgIpc) is 3.25. The molecule has 0 aromatic carbocycles. The molecule has 9 heteroatoms. The molecule has 0 fully saturated rings. The standard InChI is InChI=1S/C55H105N2O6P/c1-6-8-10-12-14-16-18-20-22-24-25-26-27-28-29-30-31-33-34-36-38-40-42-44-46-48-54(58)53(52-63-64(60,61)62-51-50-57(3,4)5)56-55(59)49-47-45-43-41-39-37-35-32-23-21-19-17-15-13-11-9-7-2/h15,17,21,23,38,40,46,48,53-54,58H,6-14,16,18-20,22,24-37,39,41-45,47,49-52H2,1-5H3,(H-,56,59,60,61)/b17-15-,23-21-,40-38+,48-46+. The summed E-state index contributed by atoms with van der Waals surface area (Å²) in [6.07, 6.45) is 60.4. The lowest BCUT2D eigenvalue weighted by Gasteiger charge is -2.29. The Hall–Kier alpha value is -1.54. The molecule has 0 aliphatic rings. The molecule has 0 saturated carbocycles. The van der Waals surface area contributed by atoms with Crippen molar-refractivity contribution in [3.63, 3.8) is 0 Å². The van der Waals surface area contributed by atoms with Gasteiger partial charge in [-0.15, -0.1) is 0 Å². The van der Waals surface area contributed by atoms with Crippen molar-refractivity contribution in [2.24, 2.45) is 0 Å². The Kier molecular flexibility index (Phi) is 45.4. The van der Waals surface area contributed by atoms with Gasteiger partial charge in [0.15, 0.2) is 0 Å². The third-order valence-electron chi connectivity index (χ3n) is 12.0. The minimum atomic E-state index is -4.61. The van der Waals surface area contributed by atoms with Crippen molar-refractivity contribution in [1.82, 2.24) is 5.32 Å². The Morgan fingerprint density at radius 1 is 0.547 bits per heavy atom. The molecule has 0 aliphatic heterocycles. The zero-order valence-electron chi connectivity index (χ0n) is 42.7. The molecule has 376 valence electrons. The van der Waals surface area contributed by atoms with E-state index in [2.05, 4.69) is 55.6 Å². The minimum Gasteiger partial charge on any atom is -0.756 e. The number of amides is 1. The lowest BCUT2D eigenvalue weighted by molar-refractivity contribution is -0.870. The van der Waals surface area contributed by atoms with Crippen LogP contribution in [0.4, 0.5) is 0 Å². The van der Waals surface area contributed by atoms with Crippen LogP contribution in [-0.4, -0.2) is 68.5 Å². The second-order valence-corrected chi connectivity index (χ2v) is 21.0. The van der Waals surface area contributed by atoms with E-state index in [1.165, 1.54) is 167 Å². The smallest absolute Gasteiger partial charge is 0.268 e. The highest BCUT2D eigenvalue weighted by atomic mass is 31.2. The third kappa shape index (κ3) is 48.4. The zero-order valence-corrected chi connectivity index (χ0v) is 43.6. The summed E-state index contributed by atoms with van der Waals surface area (Å²) in [5.41, 5.74) is 0. The van der Waals surface area contributed by atoms with Crippen LogP contribution in [0.3, 0.4) is 0 Å². The summed E-state index contributed by atoms with van der Waals surface area (Å²) in [6.45, 7) is 4.61. The molecule has 2 N–H and O–H groups in total. The summed E-state index contributed by atoms with van der Waals surface area (Å²) in [5, 5.41) is 13.8. The Bertz CT molecular complexity index is 1180. The molecular weight excluding hydrogens is 816 g/mol. The number of nitrogens with one attached hydrogen (secondary N) is 1. The van der Waals surface area contributed by atoms with Crippen LogP contribution in [0.5, 0.6) is 0 Å². The van der Waals surface area contributed by atoms with Gasteiger partial charge in [-0.2, -0.15) is 0 Å².